The topological polar surface area (TPSA) is 50.9 Å². The zero-order chi connectivity index (χ0) is 14.4. The molecule has 2 rings (SSSR count). The zero-order valence-electron chi connectivity index (χ0n) is 11.4. The van der Waals surface area contributed by atoms with Gasteiger partial charge in [-0.05, 0) is 25.0 Å². The van der Waals surface area contributed by atoms with Crippen molar-refractivity contribution in [2.24, 2.45) is 7.05 Å². The predicted octanol–water partition coefficient (Wildman–Crippen LogP) is 3.39. The molecule has 4 nitrogen and oxygen atoms in total. The van der Waals surface area contributed by atoms with Gasteiger partial charge in [-0.25, -0.2) is 0 Å². The summed E-state index contributed by atoms with van der Waals surface area (Å²) in [6.07, 6.45) is 2.97. The summed E-state index contributed by atoms with van der Waals surface area (Å²) in [7, 11) is 1.95. The second-order valence-electron chi connectivity index (χ2n) is 4.48. The average Bonchev–Trinajstić information content (AvgIpc) is 2.81. The van der Waals surface area contributed by atoms with Gasteiger partial charge >= 0.3 is 0 Å². The van der Waals surface area contributed by atoms with E-state index in [2.05, 4.69) is 10.2 Å². The van der Waals surface area contributed by atoms with Gasteiger partial charge < -0.3 is 9.67 Å². The van der Waals surface area contributed by atoms with Crippen LogP contribution in [-0.2, 0) is 7.05 Å². The molecule has 0 aliphatic heterocycles. The van der Waals surface area contributed by atoms with Crippen molar-refractivity contribution in [2.75, 3.05) is 12.4 Å². The molecule has 0 bridgehead atoms. The van der Waals surface area contributed by atoms with Gasteiger partial charge in [0.25, 0.3) is 0 Å². The van der Waals surface area contributed by atoms with Crippen molar-refractivity contribution in [3.8, 4) is 11.4 Å². The molecule has 0 fully saturated rings. The molecule has 20 heavy (non-hydrogen) atoms. The van der Waals surface area contributed by atoms with Crippen molar-refractivity contribution in [3.63, 3.8) is 0 Å². The van der Waals surface area contributed by atoms with Crippen LogP contribution in [0.4, 0.5) is 0 Å². The van der Waals surface area contributed by atoms with Gasteiger partial charge in [0.15, 0.2) is 11.0 Å². The third kappa shape index (κ3) is 3.75. The van der Waals surface area contributed by atoms with Crippen molar-refractivity contribution in [2.45, 2.75) is 24.4 Å². The van der Waals surface area contributed by atoms with E-state index >= 15 is 0 Å². The molecule has 0 aliphatic rings. The van der Waals surface area contributed by atoms with E-state index in [1.807, 2.05) is 35.9 Å². The van der Waals surface area contributed by atoms with Gasteiger partial charge in [-0.15, -0.1) is 10.2 Å². The first kappa shape index (κ1) is 15.4. The lowest BCUT2D eigenvalue weighted by Gasteiger charge is -2.05. The van der Waals surface area contributed by atoms with Crippen LogP contribution in [0.25, 0.3) is 11.4 Å². The number of halogens is 1. The fourth-order valence-corrected chi connectivity index (χ4v) is 3.00. The zero-order valence-corrected chi connectivity index (χ0v) is 13.0. The number of rotatable bonds is 7. The molecule has 1 aromatic carbocycles. The second kappa shape index (κ2) is 7.67. The highest BCUT2D eigenvalue weighted by atomic mass is 35.5. The number of aromatic nitrogens is 3. The first-order chi connectivity index (χ1) is 9.74. The van der Waals surface area contributed by atoms with Gasteiger partial charge in [0.2, 0.25) is 0 Å². The third-order valence-electron chi connectivity index (χ3n) is 2.98. The lowest BCUT2D eigenvalue weighted by molar-refractivity contribution is 0.284. The summed E-state index contributed by atoms with van der Waals surface area (Å²) in [6, 6.07) is 7.64. The second-order valence-corrected chi connectivity index (χ2v) is 5.95. The summed E-state index contributed by atoms with van der Waals surface area (Å²) in [6.45, 7) is 0.269. The summed E-state index contributed by atoms with van der Waals surface area (Å²) in [5.74, 6) is 1.77. The van der Waals surface area contributed by atoms with Crippen molar-refractivity contribution in [1.82, 2.24) is 14.8 Å². The largest absolute Gasteiger partial charge is 0.396 e. The number of benzene rings is 1. The maximum absolute atomic E-state index is 8.74. The van der Waals surface area contributed by atoms with E-state index in [9.17, 15) is 0 Å². The molecule has 0 atom stereocenters. The Balaban J connectivity index is 2.02. The van der Waals surface area contributed by atoms with Crippen LogP contribution in [0.1, 0.15) is 19.3 Å². The van der Waals surface area contributed by atoms with E-state index in [-0.39, 0.29) is 6.61 Å². The smallest absolute Gasteiger partial charge is 0.191 e. The molecular weight excluding hydrogens is 294 g/mol. The Morgan fingerprint density at radius 1 is 1.20 bits per heavy atom. The standard InChI is InChI=1S/C14H18ClN3OS/c1-18-13(11-7-3-4-8-12(11)15)16-17-14(18)20-10-6-2-5-9-19/h3-4,7-8,19H,2,5-6,9-10H2,1H3. The van der Waals surface area contributed by atoms with Gasteiger partial charge in [0.1, 0.15) is 0 Å². The van der Waals surface area contributed by atoms with E-state index in [4.69, 9.17) is 16.7 Å². The molecule has 0 spiro atoms. The van der Waals surface area contributed by atoms with Crippen LogP contribution in [-0.4, -0.2) is 32.2 Å². The molecule has 1 N–H and O–H groups in total. The molecule has 108 valence electrons. The van der Waals surface area contributed by atoms with Crippen LogP contribution in [0, 0.1) is 0 Å². The van der Waals surface area contributed by atoms with E-state index in [1.54, 1.807) is 11.8 Å². The normalized spacial score (nSPS) is 10.9. The molecular formula is C14H18ClN3OS. The van der Waals surface area contributed by atoms with Crippen LogP contribution in [0.3, 0.4) is 0 Å². The molecule has 0 radical (unpaired) electrons. The minimum absolute atomic E-state index is 0.269. The molecule has 0 saturated heterocycles. The number of hydrogen-bond acceptors (Lipinski definition) is 4. The fraction of sp³-hybridized carbons (Fsp3) is 0.429. The molecule has 1 aromatic heterocycles. The van der Waals surface area contributed by atoms with Crippen molar-refractivity contribution >= 4 is 23.4 Å². The van der Waals surface area contributed by atoms with Gasteiger partial charge in [-0.2, -0.15) is 0 Å². The van der Waals surface area contributed by atoms with Crippen molar-refractivity contribution in [3.05, 3.63) is 29.3 Å². The van der Waals surface area contributed by atoms with Gasteiger partial charge in [-0.1, -0.05) is 41.9 Å². The third-order valence-corrected chi connectivity index (χ3v) is 4.42. The summed E-state index contributed by atoms with van der Waals surface area (Å²) >= 11 is 7.87. The first-order valence-corrected chi connectivity index (χ1v) is 7.98. The van der Waals surface area contributed by atoms with Gasteiger partial charge in [-0.3, -0.25) is 0 Å². The molecule has 0 saturated carbocycles. The summed E-state index contributed by atoms with van der Waals surface area (Å²) < 4.78 is 1.97. The Bertz CT molecular complexity index is 559. The fourth-order valence-electron chi connectivity index (χ4n) is 1.87. The molecule has 0 unspecified atom stereocenters. The predicted molar refractivity (Wildman–Crippen MR) is 83.1 cm³/mol. The Morgan fingerprint density at radius 2 is 2.00 bits per heavy atom. The molecule has 2 aromatic rings. The van der Waals surface area contributed by atoms with E-state index < -0.39 is 0 Å². The molecule has 0 amide bonds. The van der Waals surface area contributed by atoms with Crippen molar-refractivity contribution < 1.29 is 5.11 Å². The quantitative estimate of drug-likeness (QED) is 0.629. The Hall–Kier alpha value is -1.04. The number of aliphatic hydroxyl groups is 1. The van der Waals surface area contributed by atoms with E-state index in [1.165, 1.54) is 0 Å². The summed E-state index contributed by atoms with van der Waals surface area (Å²) in [5.41, 5.74) is 0.899. The highest BCUT2D eigenvalue weighted by Gasteiger charge is 2.13. The lowest BCUT2D eigenvalue weighted by Crippen LogP contribution is -1.96. The van der Waals surface area contributed by atoms with Crippen molar-refractivity contribution in [1.29, 1.82) is 0 Å². The maximum Gasteiger partial charge on any atom is 0.191 e. The number of thioether (sulfide) groups is 1. The Morgan fingerprint density at radius 3 is 2.75 bits per heavy atom. The summed E-state index contributed by atoms with van der Waals surface area (Å²) in [4.78, 5) is 0. The average molecular weight is 312 g/mol. The van der Waals surface area contributed by atoms with Crippen LogP contribution in [0.15, 0.2) is 29.4 Å². The minimum atomic E-state index is 0.269. The van der Waals surface area contributed by atoms with Gasteiger partial charge in [0, 0.05) is 25.0 Å². The number of unbranched alkanes of at least 4 members (excludes halogenated alkanes) is 2. The molecule has 1 heterocycles. The summed E-state index contributed by atoms with van der Waals surface area (Å²) in [5, 5.41) is 18.8. The SMILES string of the molecule is Cn1c(SCCCCCO)nnc1-c1ccccc1Cl. The highest BCUT2D eigenvalue weighted by Crippen LogP contribution is 2.28. The maximum atomic E-state index is 8.74. The van der Waals surface area contributed by atoms with Crippen LogP contribution in [0.5, 0.6) is 0 Å². The minimum Gasteiger partial charge on any atom is -0.396 e. The Kier molecular flexibility index (Phi) is 5.88. The van der Waals surface area contributed by atoms with Crippen LogP contribution in [0.2, 0.25) is 5.02 Å². The van der Waals surface area contributed by atoms with Gasteiger partial charge in [0.05, 0.1) is 5.02 Å². The van der Waals surface area contributed by atoms with E-state index in [0.717, 1.165) is 41.6 Å². The monoisotopic (exact) mass is 311 g/mol. The van der Waals surface area contributed by atoms with Crippen LogP contribution >= 0.6 is 23.4 Å². The molecule has 6 heteroatoms. The number of nitrogens with zero attached hydrogens (tertiary/aromatic N) is 3. The van der Waals surface area contributed by atoms with Crippen LogP contribution < -0.4 is 0 Å². The first-order valence-electron chi connectivity index (χ1n) is 6.62. The van der Waals surface area contributed by atoms with E-state index in [0.29, 0.717) is 5.02 Å². The highest BCUT2D eigenvalue weighted by molar-refractivity contribution is 7.99. The lowest BCUT2D eigenvalue weighted by atomic mass is 10.2. The molecule has 0 aliphatic carbocycles. The number of aliphatic hydroxyl groups excluding tert-OH is 1. The number of hydrogen-bond donors (Lipinski definition) is 1. The Labute approximate surface area is 128 Å².